The molecule has 0 saturated heterocycles. The summed E-state index contributed by atoms with van der Waals surface area (Å²) in [5.74, 6) is -0.663. The van der Waals surface area contributed by atoms with Crippen LogP contribution in [0.2, 0.25) is 0 Å². The van der Waals surface area contributed by atoms with Crippen LogP contribution in [0.3, 0.4) is 0 Å². The molecule has 1 aliphatic rings. The maximum atomic E-state index is 13.7. The molecular formula is C12H14FNO2. The molecule has 0 spiro atoms. The second-order valence-electron chi connectivity index (χ2n) is 4.17. The number of aliphatic hydroxyl groups is 1. The number of nitrogens with zero attached hydrogens (tertiary/aromatic N) is 1. The van der Waals surface area contributed by atoms with E-state index < -0.39 is 11.9 Å². The monoisotopic (exact) mass is 223 g/mol. The van der Waals surface area contributed by atoms with Gasteiger partial charge < -0.3 is 10.0 Å². The van der Waals surface area contributed by atoms with Crippen molar-refractivity contribution >= 4 is 11.6 Å². The number of anilines is 1. The predicted octanol–water partition coefficient (Wildman–Crippen LogP) is 2.00. The summed E-state index contributed by atoms with van der Waals surface area (Å²) < 4.78 is 13.7. The number of amides is 1. The molecule has 0 bridgehead atoms. The van der Waals surface area contributed by atoms with E-state index in [0.29, 0.717) is 12.0 Å². The van der Waals surface area contributed by atoms with E-state index in [-0.39, 0.29) is 17.6 Å². The van der Waals surface area contributed by atoms with Crippen molar-refractivity contribution in [3.63, 3.8) is 0 Å². The quantitative estimate of drug-likeness (QED) is 0.730. The molecule has 4 heteroatoms. The molecule has 86 valence electrons. The maximum absolute atomic E-state index is 13.7. The highest BCUT2D eigenvalue weighted by Gasteiger charge is 2.33. The summed E-state index contributed by atoms with van der Waals surface area (Å²) in [5, 5.41) is 9.85. The number of para-hydroxylation sites is 1. The minimum atomic E-state index is -0.698. The van der Waals surface area contributed by atoms with Gasteiger partial charge in [0, 0.05) is 18.5 Å². The fourth-order valence-electron chi connectivity index (χ4n) is 2.30. The summed E-state index contributed by atoms with van der Waals surface area (Å²) in [6.07, 6.45) is -0.257. The lowest BCUT2D eigenvalue weighted by atomic mass is 9.93. The van der Waals surface area contributed by atoms with E-state index in [9.17, 15) is 14.3 Å². The van der Waals surface area contributed by atoms with Gasteiger partial charge in [0.05, 0.1) is 11.8 Å². The Kier molecular flexibility index (Phi) is 2.68. The Bertz CT molecular complexity index is 433. The van der Waals surface area contributed by atoms with Gasteiger partial charge in [0.25, 0.3) is 0 Å². The number of rotatable bonds is 0. The second-order valence-corrected chi connectivity index (χ2v) is 4.17. The Morgan fingerprint density at radius 1 is 1.56 bits per heavy atom. The van der Waals surface area contributed by atoms with Crippen molar-refractivity contribution in [3.8, 4) is 0 Å². The second kappa shape index (κ2) is 3.87. The average Bonchev–Trinajstić information content (AvgIpc) is 2.19. The molecule has 2 atom stereocenters. The molecule has 0 saturated carbocycles. The molecule has 3 nitrogen and oxygen atoms in total. The summed E-state index contributed by atoms with van der Waals surface area (Å²) in [4.78, 5) is 12.9. The molecule has 1 heterocycles. The molecule has 1 aromatic rings. The number of hydrogen-bond acceptors (Lipinski definition) is 2. The van der Waals surface area contributed by atoms with E-state index in [1.807, 2.05) is 0 Å². The average molecular weight is 223 g/mol. The van der Waals surface area contributed by atoms with Crippen LogP contribution >= 0.6 is 0 Å². The first kappa shape index (κ1) is 11.1. The lowest BCUT2D eigenvalue weighted by molar-refractivity contribution is -0.117. The van der Waals surface area contributed by atoms with Crippen LogP contribution in [0.15, 0.2) is 18.2 Å². The van der Waals surface area contributed by atoms with E-state index in [1.54, 1.807) is 19.1 Å². The molecule has 0 radical (unpaired) electrons. The fourth-order valence-corrected chi connectivity index (χ4v) is 2.30. The Balaban J connectivity index is 2.61. The van der Waals surface area contributed by atoms with Gasteiger partial charge in [0.2, 0.25) is 5.91 Å². The van der Waals surface area contributed by atoms with Crippen LogP contribution in [0.1, 0.15) is 31.9 Å². The van der Waals surface area contributed by atoms with Crippen molar-refractivity contribution in [3.05, 3.63) is 29.6 Å². The summed E-state index contributed by atoms with van der Waals surface area (Å²) in [7, 11) is 0. The summed E-state index contributed by atoms with van der Waals surface area (Å²) in [6.45, 7) is 3.21. The summed E-state index contributed by atoms with van der Waals surface area (Å²) in [6, 6.07) is 4.33. The normalized spacial score (nSPS) is 24.1. The Labute approximate surface area is 93.5 Å². The van der Waals surface area contributed by atoms with Gasteiger partial charge in [-0.1, -0.05) is 12.1 Å². The Hall–Kier alpha value is -1.42. The van der Waals surface area contributed by atoms with Crippen molar-refractivity contribution in [2.24, 2.45) is 0 Å². The lowest BCUT2D eigenvalue weighted by Crippen LogP contribution is -2.42. The van der Waals surface area contributed by atoms with Gasteiger partial charge in [0.15, 0.2) is 0 Å². The first-order chi connectivity index (χ1) is 7.52. The maximum Gasteiger partial charge on any atom is 0.224 e. The van der Waals surface area contributed by atoms with Gasteiger partial charge in [-0.25, -0.2) is 4.39 Å². The lowest BCUT2D eigenvalue weighted by Gasteiger charge is -2.37. The van der Waals surface area contributed by atoms with E-state index >= 15 is 0 Å². The predicted molar refractivity (Wildman–Crippen MR) is 58.6 cm³/mol. The molecule has 0 aromatic heterocycles. The molecule has 1 N–H and O–H groups in total. The van der Waals surface area contributed by atoms with Gasteiger partial charge in [-0.2, -0.15) is 0 Å². The molecule has 0 fully saturated rings. The Morgan fingerprint density at radius 3 is 2.88 bits per heavy atom. The van der Waals surface area contributed by atoms with Crippen molar-refractivity contribution in [1.82, 2.24) is 0 Å². The third kappa shape index (κ3) is 1.59. The SMILES string of the molecule is CC(=O)N1c2c(F)cccc2[C@H](O)C[C@@H]1C. The van der Waals surface area contributed by atoms with Gasteiger partial charge >= 0.3 is 0 Å². The summed E-state index contributed by atoms with van der Waals surface area (Å²) >= 11 is 0. The van der Waals surface area contributed by atoms with E-state index in [4.69, 9.17) is 0 Å². The van der Waals surface area contributed by atoms with Crippen molar-refractivity contribution in [2.45, 2.75) is 32.4 Å². The third-order valence-corrected chi connectivity index (χ3v) is 2.96. The van der Waals surface area contributed by atoms with Crippen LogP contribution in [0.25, 0.3) is 0 Å². The number of fused-ring (bicyclic) bond motifs is 1. The highest BCUT2D eigenvalue weighted by Crippen LogP contribution is 2.38. The molecule has 0 aliphatic carbocycles. The molecule has 0 unspecified atom stereocenters. The van der Waals surface area contributed by atoms with Gasteiger partial charge in [-0.3, -0.25) is 4.79 Å². The van der Waals surface area contributed by atoms with Crippen LogP contribution in [-0.4, -0.2) is 17.1 Å². The molecule has 2 rings (SSSR count). The number of halogens is 1. The number of carbonyl (C=O) groups excluding carboxylic acids is 1. The Morgan fingerprint density at radius 2 is 2.25 bits per heavy atom. The van der Waals surface area contributed by atoms with Crippen molar-refractivity contribution in [1.29, 1.82) is 0 Å². The summed E-state index contributed by atoms with van der Waals surface area (Å²) in [5.41, 5.74) is 0.717. The van der Waals surface area contributed by atoms with Crippen LogP contribution in [-0.2, 0) is 4.79 Å². The first-order valence-electron chi connectivity index (χ1n) is 5.28. The first-order valence-corrected chi connectivity index (χ1v) is 5.28. The fraction of sp³-hybridized carbons (Fsp3) is 0.417. The van der Waals surface area contributed by atoms with E-state index in [0.717, 1.165) is 0 Å². The zero-order valence-electron chi connectivity index (χ0n) is 9.27. The standard InChI is InChI=1S/C12H14FNO2/c1-7-6-11(16)9-4-3-5-10(13)12(9)14(7)8(2)15/h3-5,7,11,16H,6H2,1-2H3/t7-,11+/m0/s1. The van der Waals surface area contributed by atoms with Gasteiger partial charge in [-0.15, -0.1) is 0 Å². The van der Waals surface area contributed by atoms with Crippen LogP contribution in [0.4, 0.5) is 10.1 Å². The van der Waals surface area contributed by atoms with Crippen LogP contribution < -0.4 is 4.90 Å². The molecular weight excluding hydrogens is 209 g/mol. The van der Waals surface area contributed by atoms with Crippen LogP contribution in [0, 0.1) is 5.82 Å². The highest BCUT2D eigenvalue weighted by atomic mass is 19.1. The van der Waals surface area contributed by atoms with Crippen molar-refractivity contribution < 1.29 is 14.3 Å². The number of hydrogen-bond donors (Lipinski definition) is 1. The largest absolute Gasteiger partial charge is 0.388 e. The minimum Gasteiger partial charge on any atom is -0.388 e. The third-order valence-electron chi connectivity index (χ3n) is 2.96. The van der Waals surface area contributed by atoms with Gasteiger partial charge in [0.1, 0.15) is 5.82 Å². The highest BCUT2D eigenvalue weighted by molar-refractivity contribution is 5.93. The zero-order chi connectivity index (χ0) is 11.9. The smallest absolute Gasteiger partial charge is 0.224 e. The molecule has 16 heavy (non-hydrogen) atoms. The molecule has 1 amide bonds. The minimum absolute atomic E-state index is 0.183. The van der Waals surface area contributed by atoms with E-state index in [2.05, 4.69) is 0 Å². The number of aliphatic hydroxyl groups excluding tert-OH is 1. The van der Waals surface area contributed by atoms with Crippen LogP contribution in [0.5, 0.6) is 0 Å². The van der Waals surface area contributed by atoms with Gasteiger partial charge in [-0.05, 0) is 19.4 Å². The number of carbonyl (C=O) groups is 1. The van der Waals surface area contributed by atoms with E-state index in [1.165, 1.54) is 17.9 Å². The molecule has 1 aliphatic heterocycles. The number of benzene rings is 1. The topological polar surface area (TPSA) is 40.5 Å². The zero-order valence-corrected chi connectivity index (χ0v) is 9.27. The molecule has 1 aromatic carbocycles. The van der Waals surface area contributed by atoms with Crippen molar-refractivity contribution in [2.75, 3.05) is 4.90 Å².